The second-order valence-corrected chi connectivity index (χ2v) is 8.55. The van der Waals surface area contributed by atoms with Gasteiger partial charge in [-0.05, 0) is 44.4 Å². The molecule has 7 heteroatoms. The van der Waals surface area contributed by atoms with Gasteiger partial charge in [-0.1, -0.05) is 6.08 Å². The van der Waals surface area contributed by atoms with E-state index in [0.29, 0.717) is 19.2 Å². The molecule has 0 bridgehead atoms. The lowest BCUT2D eigenvalue weighted by atomic mass is 9.87. The Balaban J connectivity index is 1.90. The highest BCUT2D eigenvalue weighted by atomic mass is 32.2. The SMILES string of the molecule is C=CCN1CCC[C@@]12CCCN(S(=O)(=O)c1cc(F)cc(F)c1)C2. The van der Waals surface area contributed by atoms with Crippen molar-refractivity contribution in [3.63, 3.8) is 0 Å². The molecule has 24 heavy (non-hydrogen) atoms. The number of halogens is 2. The van der Waals surface area contributed by atoms with E-state index in [9.17, 15) is 17.2 Å². The Labute approximate surface area is 141 Å². The molecule has 0 aliphatic carbocycles. The van der Waals surface area contributed by atoms with Gasteiger partial charge >= 0.3 is 0 Å². The van der Waals surface area contributed by atoms with Crippen molar-refractivity contribution < 1.29 is 17.2 Å². The standard InChI is InChI=1S/C17H22F2N2O2S/c1-2-7-20-8-3-5-17(20)6-4-9-21(13-17)24(22,23)16-11-14(18)10-15(19)12-16/h2,10-12H,1,3-9,13H2/t17-/m0/s1. The van der Waals surface area contributed by atoms with Gasteiger partial charge in [0.25, 0.3) is 0 Å². The maximum absolute atomic E-state index is 13.4. The molecule has 2 fully saturated rings. The van der Waals surface area contributed by atoms with Crippen molar-refractivity contribution in [1.82, 2.24) is 9.21 Å². The highest BCUT2D eigenvalue weighted by Gasteiger charge is 2.46. The van der Waals surface area contributed by atoms with Crippen LogP contribution in [0.2, 0.25) is 0 Å². The van der Waals surface area contributed by atoms with Crippen LogP contribution in [-0.4, -0.2) is 49.3 Å². The zero-order valence-electron chi connectivity index (χ0n) is 13.5. The fraction of sp³-hybridized carbons (Fsp3) is 0.529. The number of hydrogen-bond donors (Lipinski definition) is 0. The van der Waals surface area contributed by atoms with Gasteiger partial charge in [-0.2, -0.15) is 4.31 Å². The van der Waals surface area contributed by atoms with Gasteiger partial charge < -0.3 is 0 Å². The number of rotatable bonds is 4. The fourth-order valence-corrected chi connectivity index (χ4v) is 5.60. The molecule has 1 aromatic carbocycles. The minimum absolute atomic E-state index is 0.189. The van der Waals surface area contributed by atoms with E-state index >= 15 is 0 Å². The van der Waals surface area contributed by atoms with Crippen LogP contribution in [-0.2, 0) is 10.0 Å². The Hall–Kier alpha value is -1.31. The molecule has 1 aromatic rings. The van der Waals surface area contributed by atoms with Crippen LogP contribution in [0.4, 0.5) is 8.78 Å². The lowest BCUT2D eigenvalue weighted by molar-refractivity contribution is 0.0841. The first-order valence-corrected chi connectivity index (χ1v) is 9.64. The third-order valence-electron chi connectivity index (χ3n) is 5.08. The Morgan fingerprint density at radius 3 is 2.38 bits per heavy atom. The monoisotopic (exact) mass is 356 g/mol. The molecule has 2 aliphatic heterocycles. The maximum Gasteiger partial charge on any atom is 0.243 e. The molecule has 0 N–H and O–H groups in total. The van der Waals surface area contributed by atoms with E-state index in [-0.39, 0.29) is 10.4 Å². The molecule has 1 atom stereocenters. The third-order valence-corrected chi connectivity index (χ3v) is 6.91. The van der Waals surface area contributed by atoms with Gasteiger partial charge in [0, 0.05) is 31.2 Å². The van der Waals surface area contributed by atoms with E-state index in [0.717, 1.165) is 50.9 Å². The summed E-state index contributed by atoms with van der Waals surface area (Å²) in [7, 11) is -3.91. The number of benzene rings is 1. The number of piperidine rings is 1. The minimum atomic E-state index is -3.91. The second kappa shape index (κ2) is 6.54. The van der Waals surface area contributed by atoms with Crippen LogP contribution >= 0.6 is 0 Å². The predicted molar refractivity (Wildman–Crippen MR) is 88.1 cm³/mol. The van der Waals surface area contributed by atoms with Gasteiger partial charge in [0.2, 0.25) is 10.0 Å². The molecule has 2 aliphatic rings. The van der Waals surface area contributed by atoms with Gasteiger partial charge in [-0.25, -0.2) is 17.2 Å². The molecular formula is C17H22F2N2O2S. The zero-order chi connectivity index (χ0) is 17.4. The summed E-state index contributed by atoms with van der Waals surface area (Å²) in [6.07, 6.45) is 5.47. The van der Waals surface area contributed by atoms with Crippen molar-refractivity contribution in [2.75, 3.05) is 26.2 Å². The summed E-state index contributed by atoms with van der Waals surface area (Å²) in [5.74, 6) is -1.76. The van der Waals surface area contributed by atoms with E-state index in [1.54, 1.807) is 0 Å². The first kappa shape index (κ1) is 17.5. The van der Waals surface area contributed by atoms with Crippen molar-refractivity contribution in [3.8, 4) is 0 Å². The summed E-state index contributed by atoms with van der Waals surface area (Å²) in [5, 5.41) is 0. The predicted octanol–water partition coefficient (Wildman–Crippen LogP) is 2.77. The Morgan fingerprint density at radius 1 is 1.12 bits per heavy atom. The normalized spacial score (nSPS) is 26.1. The summed E-state index contributed by atoms with van der Waals surface area (Å²) in [4.78, 5) is 1.97. The molecule has 4 nitrogen and oxygen atoms in total. The van der Waals surface area contributed by atoms with E-state index in [1.807, 2.05) is 6.08 Å². The number of hydrogen-bond acceptors (Lipinski definition) is 3. The Bertz CT molecular complexity index is 718. The average Bonchev–Trinajstić information content (AvgIpc) is 2.89. The lowest BCUT2D eigenvalue weighted by Gasteiger charge is -2.45. The van der Waals surface area contributed by atoms with Gasteiger partial charge in [-0.3, -0.25) is 4.90 Å². The number of sulfonamides is 1. The smallest absolute Gasteiger partial charge is 0.243 e. The van der Waals surface area contributed by atoms with Crippen LogP contribution < -0.4 is 0 Å². The lowest BCUT2D eigenvalue weighted by Crippen LogP contribution is -2.56. The second-order valence-electron chi connectivity index (χ2n) is 6.61. The molecule has 3 rings (SSSR count). The molecule has 132 valence electrons. The summed E-state index contributed by atoms with van der Waals surface area (Å²) < 4.78 is 54.0. The summed E-state index contributed by atoms with van der Waals surface area (Å²) in [6.45, 7) is 6.17. The summed E-state index contributed by atoms with van der Waals surface area (Å²) >= 11 is 0. The van der Waals surface area contributed by atoms with Gasteiger partial charge in [-0.15, -0.1) is 6.58 Å². The van der Waals surface area contributed by atoms with Crippen molar-refractivity contribution in [3.05, 3.63) is 42.5 Å². The maximum atomic E-state index is 13.4. The van der Waals surface area contributed by atoms with E-state index < -0.39 is 21.7 Å². The van der Waals surface area contributed by atoms with Crippen LogP contribution in [0.5, 0.6) is 0 Å². The van der Waals surface area contributed by atoms with Crippen LogP contribution in [0.25, 0.3) is 0 Å². The van der Waals surface area contributed by atoms with Crippen LogP contribution in [0.15, 0.2) is 35.7 Å². The molecule has 1 spiro atoms. The molecule has 2 heterocycles. The first-order valence-electron chi connectivity index (χ1n) is 8.20. The van der Waals surface area contributed by atoms with E-state index in [2.05, 4.69) is 11.5 Å². The van der Waals surface area contributed by atoms with Crippen molar-refractivity contribution in [2.24, 2.45) is 0 Å². The fourth-order valence-electron chi connectivity index (χ4n) is 4.00. The van der Waals surface area contributed by atoms with E-state index in [1.165, 1.54) is 4.31 Å². The van der Waals surface area contributed by atoms with Gasteiger partial charge in [0.05, 0.1) is 4.90 Å². The summed E-state index contributed by atoms with van der Waals surface area (Å²) in [6, 6.07) is 2.45. The minimum Gasteiger partial charge on any atom is -0.293 e. The van der Waals surface area contributed by atoms with Crippen LogP contribution in [0, 0.1) is 11.6 Å². The molecule has 0 unspecified atom stereocenters. The average molecular weight is 356 g/mol. The highest BCUT2D eigenvalue weighted by Crippen LogP contribution is 2.38. The van der Waals surface area contributed by atoms with Gasteiger partial charge in [0.15, 0.2) is 0 Å². The number of likely N-dealkylation sites (tertiary alicyclic amines) is 1. The summed E-state index contributed by atoms with van der Waals surface area (Å²) in [5.41, 5.74) is -0.189. The molecule has 2 saturated heterocycles. The Kier molecular flexibility index (Phi) is 4.77. The molecular weight excluding hydrogens is 334 g/mol. The van der Waals surface area contributed by atoms with Gasteiger partial charge in [0.1, 0.15) is 11.6 Å². The quantitative estimate of drug-likeness (QED) is 0.779. The highest BCUT2D eigenvalue weighted by molar-refractivity contribution is 7.89. The number of nitrogens with zero attached hydrogens (tertiary/aromatic N) is 2. The van der Waals surface area contributed by atoms with Crippen molar-refractivity contribution in [2.45, 2.75) is 36.1 Å². The van der Waals surface area contributed by atoms with Crippen molar-refractivity contribution in [1.29, 1.82) is 0 Å². The van der Waals surface area contributed by atoms with Crippen LogP contribution in [0.3, 0.4) is 0 Å². The van der Waals surface area contributed by atoms with Crippen LogP contribution in [0.1, 0.15) is 25.7 Å². The molecule has 0 aromatic heterocycles. The molecule has 0 radical (unpaired) electrons. The molecule has 0 amide bonds. The topological polar surface area (TPSA) is 40.6 Å². The largest absolute Gasteiger partial charge is 0.293 e. The van der Waals surface area contributed by atoms with E-state index in [4.69, 9.17) is 0 Å². The zero-order valence-corrected chi connectivity index (χ0v) is 14.4. The Morgan fingerprint density at radius 2 is 1.75 bits per heavy atom. The third kappa shape index (κ3) is 3.12. The molecule has 0 saturated carbocycles. The van der Waals surface area contributed by atoms with Crippen molar-refractivity contribution >= 4 is 10.0 Å². The first-order chi connectivity index (χ1) is 11.4.